The predicted molar refractivity (Wildman–Crippen MR) is 117 cm³/mol. The van der Waals surface area contributed by atoms with Crippen LogP contribution in [0.3, 0.4) is 0 Å². The van der Waals surface area contributed by atoms with Crippen LogP contribution in [-0.4, -0.2) is 86.3 Å². The zero-order valence-electron chi connectivity index (χ0n) is 17.9. The van der Waals surface area contributed by atoms with Gasteiger partial charge in [-0.25, -0.2) is 8.42 Å². The molecule has 0 spiro atoms. The maximum absolute atomic E-state index is 13.0. The van der Waals surface area contributed by atoms with Gasteiger partial charge in [-0.05, 0) is 38.9 Å². The SMILES string of the molecule is CC(CN1CCN(C)CC1)Nc1ccc(S(=O)(=O)N2CCCCCC2)cc1[N+](=O)[O-]. The largest absolute Gasteiger partial charge is 0.376 e. The molecule has 1 atom stereocenters. The van der Waals surface area contributed by atoms with Crippen LogP contribution in [0.5, 0.6) is 0 Å². The number of piperazine rings is 1. The third-order valence-electron chi connectivity index (χ3n) is 5.90. The summed E-state index contributed by atoms with van der Waals surface area (Å²) in [7, 11) is -1.63. The van der Waals surface area contributed by atoms with Gasteiger partial charge >= 0.3 is 0 Å². The molecule has 2 heterocycles. The minimum absolute atomic E-state index is 0.000158. The van der Waals surface area contributed by atoms with E-state index < -0.39 is 14.9 Å². The number of hydrogen-bond acceptors (Lipinski definition) is 7. The Hall–Kier alpha value is -1.75. The van der Waals surface area contributed by atoms with Gasteiger partial charge in [-0.1, -0.05) is 12.8 Å². The van der Waals surface area contributed by atoms with E-state index in [2.05, 4.69) is 22.2 Å². The lowest BCUT2D eigenvalue weighted by molar-refractivity contribution is -0.384. The van der Waals surface area contributed by atoms with Gasteiger partial charge in [0.15, 0.2) is 0 Å². The number of likely N-dealkylation sites (N-methyl/N-ethyl adjacent to an activating group) is 1. The van der Waals surface area contributed by atoms with E-state index in [1.165, 1.54) is 22.5 Å². The number of hydrogen-bond donors (Lipinski definition) is 1. The van der Waals surface area contributed by atoms with Crippen molar-refractivity contribution in [3.8, 4) is 0 Å². The van der Waals surface area contributed by atoms with Gasteiger partial charge < -0.3 is 10.2 Å². The number of benzene rings is 1. The van der Waals surface area contributed by atoms with E-state index in [1.807, 2.05) is 6.92 Å². The fourth-order valence-corrected chi connectivity index (χ4v) is 5.64. The molecule has 0 aliphatic carbocycles. The third-order valence-corrected chi connectivity index (χ3v) is 7.79. The number of rotatable bonds is 7. The van der Waals surface area contributed by atoms with E-state index in [9.17, 15) is 18.5 Å². The van der Waals surface area contributed by atoms with Crippen LogP contribution in [0, 0.1) is 10.1 Å². The number of nitro groups is 1. The Morgan fingerprint density at radius 2 is 1.70 bits per heavy atom. The highest BCUT2D eigenvalue weighted by atomic mass is 32.2. The first kappa shape index (κ1) is 22.9. The first-order valence-corrected chi connectivity index (χ1v) is 12.2. The molecule has 2 aliphatic heterocycles. The van der Waals surface area contributed by atoms with Crippen LogP contribution in [0.1, 0.15) is 32.6 Å². The van der Waals surface area contributed by atoms with Crippen molar-refractivity contribution in [2.45, 2.75) is 43.5 Å². The molecule has 1 aromatic carbocycles. The summed E-state index contributed by atoms with van der Waals surface area (Å²) < 4.78 is 27.5. The molecule has 0 amide bonds. The van der Waals surface area contributed by atoms with Crippen LogP contribution in [0.2, 0.25) is 0 Å². The van der Waals surface area contributed by atoms with Gasteiger partial charge in [0.2, 0.25) is 10.0 Å². The highest BCUT2D eigenvalue weighted by Gasteiger charge is 2.28. The second kappa shape index (κ2) is 10.0. The maximum atomic E-state index is 13.0. The Kier molecular flexibility index (Phi) is 7.67. The van der Waals surface area contributed by atoms with Crippen molar-refractivity contribution < 1.29 is 13.3 Å². The molecule has 2 fully saturated rings. The fourth-order valence-electron chi connectivity index (χ4n) is 4.10. The molecule has 2 saturated heterocycles. The van der Waals surface area contributed by atoms with Gasteiger partial charge in [-0.2, -0.15) is 4.31 Å². The van der Waals surface area contributed by atoms with Gasteiger partial charge in [0.25, 0.3) is 5.69 Å². The zero-order valence-corrected chi connectivity index (χ0v) is 18.7. The summed E-state index contributed by atoms with van der Waals surface area (Å²) in [6.45, 7) is 7.67. The second-order valence-corrected chi connectivity index (χ2v) is 10.3. The number of nitrogens with one attached hydrogen (secondary N) is 1. The summed E-state index contributed by atoms with van der Waals surface area (Å²) in [6, 6.07) is 4.22. The fraction of sp³-hybridized carbons (Fsp3) is 0.700. The normalized spacial score (nSPS) is 21.1. The molecule has 0 bridgehead atoms. The molecule has 1 N–H and O–H groups in total. The molecule has 168 valence electrons. The average molecular weight is 440 g/mol. The number of nitro benzene ring substituents is 1. The summed E-state index contributed by atoms with van der Waals surface area (Å²) >= 11 is 0. The van der Waals surface area contributed by atoms with Crippen LogP contribution in [0.4, 0.5) is 11.4 Å². The molecular formula is C20H33N5O4S. The minimum atomic E-state index is -3.73. The van der Waals surface area contributed by atoms with Crippen molar-refractivity contribution in [3.05, 3.63) is 28.3 Å². The number of nitrogens with zero attached hydrogens (tertiary/aromatic N) is 4. The highest BCUT2D eigenvalue weighted by Crippen LogP contribution is 2.30. The molecule has 30 heavy (non-hydrogen) atoms. The Morgan fingerprint density at radius 3 is 2.30 bits per heavy atom. The quantitative estimate of drug-likeness (QED) is 0.514. The molecule has 0 saturated carbocycles. The van der Waals surface area contributed by atoms with E-state index in [-0.39, 0.29) is 16.6 Å². The van der Waals surface area contributed by atoms with Gasteiger partial charge in [-0.15, -0.1) is 0 Å². The van der Waals surface area contributed by atoms with Gasteiger partial charge in [0.1, 0.15) is 5.69 Å². The van der Waals surface area contributed by atoms with Crippen molar-refractivity contribution in [3.63, 3.8) is 0 Å². The van der Waals surface area contributed by atoms with Crippen LogP contribution in [0.25, 0.3) is 0 Å². The van der Waals surface area contributed by atoms with Gasteiger partial charge in [0, 0.05) is 57.9 Å². The Balaban J connectivity index is 1.74. The Bertz CT molecular complexity index is 832. The van der Waals surface area contributed by atoms with Crippen LogP contribution in [0.15, 0.2) is 23.1 Å². The topological polar surface area (TPSA) is 99.0 Å². The van der Waals surface area contributed by atoms with Crippen molar-refractivity contribution in [2.24, 2.45) is 0 Å². The summed E-state index contributed by atoms with van der Waals surface area (Å²) in [5, 5.41) is 14.9. The van der Waals surface area contributed by atoms with Gasteiger partial charge in [-0.3, -0.25) is 15.0 Å². The predicted octanol–water partition coefficient (Wildman–Crippen LogP) is 2.21. The summed E-state index contributed by atoms with van der Waals surface area (Å²) in [5.74, 6) is 0. The van der Waals surface area contributed by atoms with Crippen LogP contribution >= 0.6 is 0 Å². The molecule has 0 aromatic heterocycles. The van der Waals surface area contributed by atoms with Crippen molar-refractivity contribution in [1.82, 2.24) is 14.1 Å². The maximum Gasteiger partial charge on any atom is 0.293 e. The van der Waals surface area contributed by atoms with Crippen LogP contribution < -0.4 is 5.32 Å². The lowest BCUT2D eigenvalue weighted by atomic mass is 10.2. The second-order valence-electron chi connectivity index (χ2n) is 8.40. The standard InChI is InChI=1S/C20H33N5O4S/c1-17(16-23-13-11-22(2)12-14-23)21-19-8-7-18(15-20(19)25(26)27)30(28,29)24-9-5-3-4-6-10-24/h7-8,15,17,21H,3-6,9-14,16H2,1-2H3. The third kappa shape index (κ3) is 5.69. The average Bonchev–Trinajstić information content (AvgIpc) is 3.00. The van der Waals surface area contributed by atoms with Crippen molar-refractivity contribution in [2.75, 3.05) is 58.2 Å². The van der Waals surface area contributed by atoms with Crippen LogP contribution in [-0.2, 0) is 10.0 Å². The Labute approximate surface area is 179 Å². The van der Waals surface area contributed by atoms with Gasteiger partial charge in [0.05, 0.1) is 9.82 Å². The monoisotopic (exact) mass is 439 g/mol. The molecule has 2 aliphatic rings. The molecule has 1 aromatic rings. The zero-order chi connectivity index (χ0) is 21.7. The van der Waals surface area contributed by atoms with E-state index in [1.54, 1.807) is 0 Å². The Morgan fingerprint density at radius 1 is 1.07 bits per heavy atom. The smallest absolute Gasteiger partial charge is 0.293 e. The van der Waals surface area contributed by atoms with E-state index in [0.717, 1.165) is 58.4 Å². The first-order valence-electron chi connectivity index (χ1n) is 10.7. The highest BCUT2D eigenvalue weighted by molar-refractivity contribution is 7.89. The summed E-state index contributed by atoms with van der Waals surface area (Å²) in [4.78, 5) is 15.8. The lowest BCUT2D eigenvalue weighted by Crippen LogP contribution is -2.47. The molecular weight excluding hydrogens is 406 g/mol. The van der Waals surface area contributed by atoms with E-state index >= 15 is 0 Å². The van der Waals surface area contributed by atoms with E-state index in [4.69, 9.17) is 0 Å². The molecule has 10 heteroatoms. The summed E-state index contributed by atoms with van der Waals surface area (Å²) in [6.07, 6.45) is 3.68. The molecule has 9 nitrogen and oxygen atoms in total. The minimum Gasteiger partial charge on any atom is -0.376 e. The number of sulfonamides is 1. The summed E-state index contributed by atoms with van der Waals surface area (Å²) in [5.41, 5.74) is 0.160. The van der Waals surface area contributed by atoms with Crippen molar-refractivity contribution in [1.29, 1.82) is 0 Å². The molecule has 3 rings (SSSR count). The molecule has 1 unspecified atom stereocenters. The number of anilines is 1. The molecule has 0 radical (unpaired) electrons. The lowest BCUT2D eigenvalue weighted by Gasteiger charge is -2.34. The van der Waals surface area contributed by atoms with Crippen molar-refractivity contribution >= 4 is 21.4 Å². The first-order chi connectivity index (χ1) is 14.3. The van der Waals surface area contributed by atoms with E-state index in [0.29, 0.717) is 18.8 Å².